The fourth-order valence-electron chi connectivity index (χ4n) is 2.59. The van der Waals surface area contributed by atoms with Crippen LogP contribution in [0.1, 0.15) is 47.7 Å². The standard InChI is InChI=1S/C16H21NO2S/c1-11-5-6-13(10-12(11)2)17-16(19)15-8-7-14(20-15)4-3-9-18/h7-8,11-13,18H,5-6,9-10H2,1-2H3,(H,17,19). The molecule has 2 N–H and O–H groups in total. The van der Waals surface area contributed by atoms with E-state index < -0.39 is 0 Å². The maximum absolute atomic E-state index is 12.2. The summed E-state index contributed by atoms with van der Waals surface area (Å²) in [6.45, 7) is 4.39. The first-order valence-corrected chi connectivity index (χ1v) is 7.92. The number of amides is 1. The van der Waals surface area contributed by atoms with E-state index >= 15 is 0 Å². The number of carbonyl (C=O) groups is 1. The van der Waals surface area contributed by atoms with Crippen LogP contribution in [0, 0.1) is 23.7 Å². The minimum atomic E-state index is -0.155. The summed E-state index contributed by atoms with van der Waals surface area (Å²) in [6, 6.07) is 3.92. The molecule has 0 spiro atoms. The van der Waals surface area contributed by atoms with Crippen molar-refractivity contribution in [3.05, 3.63) is 21.9 Å². The van der Waals surface area contributed by atoms with Crippen LogP contribution in [0.5, 0.6) is 0 Å². The highest BCUT2D eigenvalue weighted by molar-refractivity contribution is 7.14. The number of aliphatic hydroxyl groups excluding tert-OH is 1. The molecule has 3 nitrogen and oxygen atoms in total. The van der Waals surface area contributed by atoms with Crippen LogP contribution in [-0.2, 0) is 0 Å². The van der Waals surface area contributed by atoms with E-state index in [0.717, 1.165) is 23.6 Å². The van der Waals surface area contributed by atoms with Crippen LogP contribution in [0.3, 0.4) is 0 Å². The molecule has 20 heavy (non-hydrogen) atoms. The lowest BCUT2D eigenvalue weighted by Crippen LogP contribution is -2.39. The second-order valence-electron chi connectivity index (χ2n) is 5.56. The Labute approximate surface area is 124 Å². The Balaban J connectivity index is 1.93. The molecule has 1 aromatic rings. The number of carbonyl (C=O) groups excluding carboxylic acids is 1. The van der Waals surface area contributed by atoms with Gasteiger partial charge in [-0.2, -0.15) is 0 Å². The van der Waals surface area contributed by atoms with Crippen molar-refractivity contribution in [2.45, 2.75) is 39.2 Å². The normalized spacial score (nSPS) is 25.6. The summed E-state index contributed by atoms with van der Waals surface area (Å²) in [4.78, 5) is 13.7. The third-order valence-corrected chi connectivity index (χ3v) is 5.05. The van der Waals surface area contributed by atoms with Gasteiger partial charge in [0, 0.05) is 6.04 Å². The molecule has 4 heteroatoms. The highest BCUT2D eigenvalue weighted by atomic mass is 32.1. The van der Waals surface area contributed by atoms with E-state index in [4.69, 9.17) is 5.11 Å². The molecule has 2 rings (SSSR count). The van der Waals surface area contributed by atoms with Gasteiger partial charge in [0.05, 0.1) is 9.75 Å². The van der Waals surface area contributed by atoms with Crippen molar-refractivity contribution in [2.24, 2.45) is 11.8 Å². The summed E-state index contributed by atoms with van der Waals surface area (Å²) >= 11 is 1.37. The first-order chi connectivity index (χ1) is 9.60. The predicted octanol–water partition coefficient (Wildman–Crippen LogP) is 2.65. The Kier molecular flexibility index (Phi) is 5.22. The van der Waals surface area contributed by atoms with E-state index in [-0.39, 0.29) is 12.5 Å². The molecule has 108 valence electrons. The van der Waals surface area contributed by atoms with E-state index in [0.29, 0.717) is 16.8 Å². The molecule has 0 bridgehead atoms. The molecule has 1 aliphatic rings. The van der Waals surface area contributed by atoms with Gasteiger partial charge in [0.2, 0.25) is 0 Å². The SMILES string of the molecule is CC1CCC(NC(=O)c2ccc(C#CCO)s2)CC1C. The zero-order valence-electron chi connectivity index (χ0n) is 12.0. The minimum Gasteiger partial charge on any atom is -0.384 e. The fourth-order valence-corrected chi connectivity index (χ4v) is 3.37. The lowest BCUT2D eigenvalue weighted by Gasteiger charge is -2.32. The Bertz CT molecular complexity index is 526. The molecule has 0 aromatic carbocycles. The average molecular weight is 291 g/mol. The van der Waals surface area contributed by atoms with Crippen LogP contribution in [0.15, 0.2) is 12.1 Å². The Morgan fingerprint density at radius 3 is 2.90 bits per heavy atom. The lowest BCUT2D eigenvalue weighted by molar-refractivity contribution is 0.0914. The lowest BCUT2D eigenvalue weighted by atomic mass is 9.79. The average Bonchev–Trinajstić information content (AvgIpc) is 2.89. The quantitative estimate of drug-likeness (QED) is 0.823. The zero-order chi connectivity index (χ0) is 14.5. The Morgan fingerprint density at radius 2 is 2.20 bits per heavy atom. The largest absolute Gasteiger partial charge is 0.384 e. The third kappa shape index (κ3) is 3.84. The van der Waals surface area contributed by atoms with Crippen LogP contribution >= 0.6 is 11.3 Å². The number of hydrogen-bond donors (Lipinski definition) is 2. The van der Waals surface area contributed by atoms with Gasteiger partial charge in [-0.1, -0.05) is 25.7 Å². The van der Waals surface area contributed by atoms with Gasteiger partial charge >= 0.3 is 0 Å². The van der Waals surface area contributed by atoms with Crippen LogP contribution in [0.2, 0.25) is 0 Å². The summed E-state index contributed by atoms with van der Waals surface area (Å²) < 4.78 is 0. The summed E-state index contributed by atoms with van der Waals surface area (Å²) in [7, 11) is 0. The summed E-state index contributed by atoms with van der Waals surface area (Å²) in [5.41, 5.74) is 0. The van der Waals surface area contributed by atoms with Crippen LogP contribution < -0.4 is 5.32 Å². The van der Waals surface area contributed by atoms with Gasteiger partial charge in [-0.05, 0) is 43.2 Å². The van der Waals surface area contributed by atoms with E-state index in [1.54, 1.807) is 6.07 Å². The van der Waals surface area contributed by atoms with Crippen molar-refractivity contribution < 1.29 is 9.90 Å². The van der Waals surface area contributed by atoms with Crippen LogP contribution in [-0.4, -0.2) is 23.7 Å². The van der Waals surface area contributed by atoms with E-state index in [9.17, 15) is 4.79 Å². The molecule has 3 unspecified atom stereocenters. The molecule has 0 saturated heterocycles. The monoisotopic (exact) mass is 291 g/mol. The second kappa shape index (κ2) is 6.92. The number of hydrogen-bond acceptors (Lipinski definition) is 3. The molecule has 1 fully saturated rings. The van der Waals surface area contributed by atoms with E-state index in [1.165, 1.54) is 17.8 Å². The molecule has 3 atom stereocenters. The number of nitrogens with one attached hydrogen (secondary N) is 1. The number of rotatable bonds is 2. The zero-order valence-corrected chi connectivity index (χ0v) is 12.8. The second-order valence-corrected chi connectivity index (χ2v) is 6.65. The van der Waals surface area contributed by atoms with Crippen molar-refractivity contribution in [3.8, 4) is 11.8 Å². The van der Waals surface area contributed by atoms with Crippen molar-refractivity contribution >= 4 is 17.2 Å². The van der Waals surface area contributed by atoms with Gasteiger partial charge in [-0.3, -0.25) is 4.79 Å². The van der Waals surface area contributed by atoms with Gasteiger partial charge in [0.15, 0.2) is 0 Å². The third-order valence-electron chi connectivity index (χ3n) is 4.05. The Hall–Kier alpha value is -1.31. The maximum Gasteiger partial charge on any atom is 0.261 e. The number of thiophene rings is 1. The maximum atomic E-state index is 12.2. The smallest absolute Gasteiger partial charge is 0.261 e. The van der Waals surface area contributed by atoms with Gasteiger partial charge < -0.3 is 10.4 Å². The fraction of sp³-hybridized carbons (Fsp3) is 0.562. The molecule has 1 aliphatic carbocycles. The van der Waals surface area contributed by atoms with Gasteiger partial charge in [-0.15, -0.1) is 11.3 Å². The molecule has 1 heterocycles. The Morgan fingerprint density at radius 1 is 1.40 bits per heavy atom. The molecule has 0 aliphatic heterocycles. The van der Waals surface area contributed by atoms with Crippen molar-refractivity contribution in [1.82, 2.24) is 5.32 Å². The number of aliphatic hydroxyl groups is 1. The summed E-state index contributed by atoms with van der Waals surface area (Å²) in [6.07, 6.45) is 3.32. The van der Waals surface area contributed by atoms with Gasteiger partial charge in [0.25, 0.3) is 5.91 Å². The molecule has 1 saturated carbocycles. The first-order valence-electron chi connectivity index (χ1n) is 7.10. The van der Waals surface area contributed by atoms with Crippen molar-refractivity contribution in [3.63, 3.8) is 0 Å². The van der Waals surface area contributed by atoms with Gasteiger partial charge in [0.1, 0.15) is 6.61 Å². The molecular formula is C16H21NO2S. The topological polar surface area (TPSA) is 49.3 Å². The van der Waals surface area contributed by atoms with E-state index in [2.05, 4.69) is 31.0 Å². The van der Waals surface area contributed by atoms with E-state index in [1.807, 2.05) is 6.07 Å². The van der Waals surface area contributed by atoms with Crippen molar-refractivity contribution in [2.75, 3.05) is 6.61 Å². The van der Waals surface area contributed by atoms with Crippen molar-refractivity contribution in [1.29, 1.82) is 0 Å². The molecule has 1 amide bonds. The van der Waals surface area contributed by atoms with Crippen LogP contribution in [0.4, 0.5) is 0 Å². The molecular weight excluding hydrogens is 270 g/mol. The predicted molar refractivity (Wildman–Crippen MR) is 81.7 cm³/mol. The highest BCUT2D eigenvalue weighted by Crippen LogP contribution is 2.29. The first kappa shape index (κ1) is 15.1. The molecule has 0 radical (unpaired) electrons. The van der Waals surface area contributed by atoms with Crippen LogP contribution in [0.25, 0.3) is 0 Å². The minimum absolute atomic E-state index is 0.00111. The highest BCUT2D eigenvalue weighted by Gasteiger charge is 2.26. The van der Waals surface area contributed by atoms with Gasteiger partial charge in [-0.25, -0.2) is 0 Å². The summed E-state index contributed by atoms with van der Waals surface area (Å²) in [5, 5.41) is 11.8. The molecule has 1 aromatic heterocycles. The summed E-state index contributed by atoms with van der Waals surface area (Å²) in [5.74, 6) is 6.84.